The van der Waals surface area contributed by atoms with Gasteiger partial charge in [0.1, 0.15) is 19.3 Å². The number of esters is 4. The number of rotatable bonds is 78. The Morgan fingerprint density at radius 2 is 0.420 bits per heavy atom. The van der Waals surface area contributed by atoms with Crippen LogP contribution in [0.2, 0.25) is 0 Å². The quantitative estimate of drug-likeness (QED) is 0.0222. The number of ether oxygens (including phenoxy) is 4. The van der Waals surface area contributed by atoms with Crippen LogP contribution in [0.3, 0.4) is 0 Å². The number of hydrogen-bond acceptors (Lipinski definition) is 15. The van der Waals surface area contributed by atoms with Gasteiger partial charge in [-0.05, 0) is 49.4 Å². The van der Waals surface area contributed by atoms with E-state index in [1.54, 1.807) is 0 Å². The predicted octanol–water partition coefficient (Wildman–Crippen LogP) is 24.0. The lowest BCUT2D eigenvalue weighted by Gasteiger charge is -2.21. The molecule has 0 aliphatic rings. The van der Waals surface area contributed by atoms with Gasteiger partial charge in [-0.3, -0.25) is 37.3 Å². The minimum Gasteiger partial charge on any atom is -0.462 e. The van der Waals surface area contributed by atoms with Crippen LogP contribution in [0.25, 0.3) is 0 Å². The molecule has 5 atom stereocenters. The fraction of sp³-hybridized carbons (Fsp3) is 0.951. The zero-order valence-corrected chi connectivity index (χ0v) is 67.6. The van der Waals surface area contributed by atoms with Crippen molar-refractivity contribution >= 4 is 39.5 Å². The van der Waals surface area contributed by atoms with Crippen LogP contribution < -0.4 is 0 Å². The van der Waals surface area contributed by atoms with E-state index in [1.807, 2.05) is 0 Å². The first-order chi connectivity index (χ1) is 48.1. The van der Waals surface area contributed by atoms with Gasteiger partial charge in [-0.2, -0.15) is 0 Å². The van der Waals surface area contributed by atoms with E-state index in [-0.39, 0.29) is 25.7 Å². The van der Waals surface area contributed by atoms with Crippen LogP contribution in [0.15, 0.2) is 0 Å². The zero-order chi connectivity index (χ0) is 73.8. The van der Waals surface area contributed by atoms with E-state index in [1.165, 1.54) is 212 Å². The molecule has 17 nitrogen and oxygen atoms in total. The van der Waals surface area contributed by atoms with Gasteiger partial charge < -0.3 is 33.8 Å². The highest BCUT2D eigenvalue weighted by Gasteiger charge is 2.30. The van der Waals surface area contributed by atoms with Crippen molar-refractivity contribution in [3.8, 4) is 0 Å². The molecule has 0 spiro atoms. The number of carbonyl (C=O) groups excluding carboxylic acids is 4. The van der Waals surface area contributed by atoms with Gasteiger partial charge in [-0.15, -0.1) is 0 Å². The molecule has 0 saturated heterocycles. The van der Waals surface area contributed by atoms with Crippen molar-refractivity contribution < 1.29 is 80.2 Å². The van der Waals surface area contributed by atoms with Gasteiger partial charge in [0, 0.05) is 25.7 Å². The zero-order valence-electron chi connectivity index (χ0n) is 65.8. The first kappa shape index (κ1) is 98.1. The lowest BCUT2D eigenvalue weighted by Crippen LogP contribution is -2.30. The van der Waals surface area contributed by atoms with E-state index in [4.69, 9.17) is 37.0 Å². The Bertz CT molecular complexity index is 1950. The Kier molecular flexibility index (Phi) is 68.7. The molecule has 0 heterocycles. The van der Waals surface area contributed by atoms with E-state index in [0.717, 1.165) is 114 Å². The summed E-state index contributed by atoms with van der Waals surface area (Å²) in [5.41, 5.74) is 0. The summed E-state index contributed by atoms with van der Waals surface area (Å²) >= 11 is 0. The summed E-state index contributed by atoms with van der Waals surface area (Å²) < 4.78 is 68.7. The highest BCUT2D eigenvalue weighted by atomic mass is 31.2. The molecule has 100 heavy (non-hydrogen) atoms. The minimum atomic E-state index is -4.96. The average Bonchev–Trinajstić information content (AvgIpc) is 0.956. The topological polar surface area (TPSA) is 237 Å². The molecule has 0 aromatic carbocycles. The maximum absolute atomic E-state index is 13.1. The van der Waals surface area contributed by atoms with E-state index >= 15 is 0 Å². The lowest BCUT2D eigenvalue weighted by molar-refractivity contribution is -0.161. The summed E-state index contributed by atoms with van der Waals surface area (Å²) in [5, 5.41) is 10.6. The van der Waals surface area contributed by atoms with Crippen molar-refractivity contribution in [1.29, 1.82) is 0 Å². The van der Waals surface area contributed by atoms with Crippen LogP contribution in [-0.2, 0) is 65.4 Å². The van der Waals surface area contributed by atoms with E-state index < -0.39 is 97.5 Å². The van der Waals surface area contributed by atoms with E-state index in [9.17, 15) is 43.2 Å². The van der Waals surface area contributed by atoms with Crippen molar-refractivity contribution in [3.05, 3.63) is 0 Å². The summed E-state index contributed by atoms with van der Waals surface area (Å²) in [6, 6.07) is 0. The van der Waals surface area contributed by atoms with Gasteiger partial charge >= 0.3 is 39.5 Å². The number of aliphatic hydroxyl groups excluding tert-OH is 1. The smallest absolute Gasteiger partial charge is 0.462 e. The van der Waals surface area contributed by atoms with Crippen LogP contribution in [0.1, 0.15) is 415 Å². The molecule has 3 N–H and O–H groups in total. The molecule has 594 valence electrons. The van der Waals surface area contributed by atoms with Crippen LogP contribution in [-0.4, -0.2) is 96.7 Å². The molecular formula is C81H158O17P2. The first-order valence-corrected chi connectivity index (χ1v) is 44.7. The summed E-state index contributed by atoms with van der Waals surface area (Å²) in [6.07, 6.45) is 56.9. The van der Waals surface area contributed by atoms with Gasteiger partial charge in [0.25, 0.3) is 0 Å². The molecular weight excluding hydrogens is 1310 g/mol. The first-order valence-electron chi connectivity index (χ1n) is 41.7. The Hall–Kier alpha value is -1.94. The third kappa shape index (κ3) is 74.3. The molecule has 0 aliphatic heterocycles. The van der Waals surface area contributed by atoms with Gasteiger partial charge in [-0.25, -0.2) is 9.13 Å². The molecule has 0 aromatic heterocycles. The third-order valence-electron chi connectivity index (χ3n) is 18.8. The molecule has 3 unspecified atom stereocenters. The predicted molar refractivity (Wildman–Crippen MR) is 409 cm³/mol. The van der Waals surface area contributed by atoms with Crippen LogP contribution in [0.4, 0.5) is 0 Å². The molecule has 0 bridgehead atoms. The maximum Gasteiger partial charge on any atom is 0.472 e. The largest absolute Gasteiger partial charge is 0.472 e. The van der Waals surface area contributed by atoms with Gasteiger partial charge in [0.2, 0.25) is 0 Å². The second kappa shape index (κ2) is 70.1. The highest BCUT2D eigenvalue weighted by molar-refractivity contribution is 7.47. The van der Waals surface area contributed by atoms with Crippen molar-refractivity contribution in [2.24, 2.45) is 23.7 Å². The fourth-order valence-electron chi connectivity index (χ4n) is 12.4. The van der Waals surface area contributed by atoms with Gasteiger partial charge in [-0.1, -0.05) is 364 Å². The number of unbranched alkanes of at least 4 members (excludes halogenated alkanes) is 44. The Morgan fingerprint density at radius 1 is 0.250 bits per heavy atom. The molecule has 0 radical (unpaired) electrons. The van der Waals surface area contributed by atoms with Crippen LogP contribution in [0, 0.1) is 23.7 Å². The third-order valence-corrected chi connectivity index (χ3v) is 20.7. The molecule has 0 rings (SSSR count). The maximum atomic E-state index is 13.1. The van der Waals surface area contributed by atoms with E-state index in [0.29, 0.717) is 31.6 Å². The van der Waals surface area contributed by atoms with Crippen molar-refractivity contribution in [3.63, 3.8) is 0 Å². The summed E-state index contributed by atoms with van der Waals surface area (Å²) in [6.45, 7) is 14.3. The van der Waals surface area contributed by atoms with Crippen molar-refractivity contribution in [2.45, 2.75) is 433 Å². The summed E-state index contributed by atoms with van der Waals surface area (Å²) in [7, 11) is -9.92. The Balaban J connectivity index is 5.24. The monoisotopic (exact) mass is 1470 g/mol. The highest BCUT2D eigenvalue weighted by Crippen LogP contribution is 2.45. The molecule has 0 aliphatic carbocycles. The number of hydrogen-bond donors (Lipinski definition) is 3. The second-order valence-corrected chi connectivity index (χ2v) is 34.0. The standard InChI is InChI=1S/C81H158O17P2/c1-71(2)57-49-41-33-26-20-14-10-9-11-17-23-29-37-45-53-61-78(83)91-67-76(97-80(85)63-55-47-38-30-24-18-12-15-21-27-34-42-50-58-72(3)4)69-95-99(87,88)93-65-75(82)66-94-100(89,90)96-70-77(68-92-79(84)62-54-46-40-32-36-44-52-60-74(7)8)98-81(86)64-56-48-39-31-25-19-13-16-22-28-35-43-51-59-73(5)6/h71-77,82H,9-70H2,1-8H3,(H,87,88)(H,89,90)/t75?,76-,77-/m1/s1. The Labute approximate surface area is 613 Å². The number of phosphoric acid groups is 2. The van der Waals surface area contributed by atoms with Crippen molar-refractivity contribution in [2.75, 3.05) is 39.6 Å². The van der Waals surface area contributed by atoms with Gasteiger partial charge in [0.15, 0.2) is 12.2 Å². The Morgan fingerprint density at radius 3 is 0.620 bits per heavy atom. The number of phosphoric ester groups is 2. The van der Waals surface area contributed by atoms with Gasteiger partial charge in [0.05, 0.1) is 26.4 Å². The number of carbonyl (C=O) groups is 4. The van der Waals surface area contributed by atoms with Crippen LogP contribution in [0.5, 0.6) is 0 Å². The molecule has 0 amide bonds. The second-order valence-electron chi connectivity index (χ2n) is 31.1. The molecule has 0 fully saturated rings. The number of aliphatic hydroxyl groups is 1. The van der Waals surface area contributed by atoms with Crippen molar-refractivity contribution in [1.82, 2.24) is 0 Å². The normalized spacial score (nSPS) is 14.0. The summed E-state index contributed by atoms with van der Waals surface area (Å²) in [4.78, 5) is 73.0. The molecule has 0 aromatic rings. The van der Waals surface area contributed by atoms with Crippen LogP contribution >= 0.6 is 15.6 Å². The summed E-state index contributed by atoms with van der Waals surface area (Å²) in [5.74, 6) is 0.970. The van der Waals surface area contributed by atoms with E-state index in [2.05, 4.69) is 55.4 Å². The molecule has 19 heteroatoms. The fourth-order valence-corrected chi connectivity index (χ4v) is 14.0. The average molecular weight is 1470 g/mol. The molecule has 0 saturated carbocycles. The SMILES string of the molecule is CC(C)CCCCCCCCCCCCCCCCCC(=O)OC[C@H](COP(=O)(O)OCC(O)COP(=O)(O)OC[C@@H](COC(=O)CCCCCCCCCC(C)C)OC(=O)CCCCCCCCCCCCCCCC(C)C)OC(=O)CCCCCCCCCCCCCCCC(C)C. The lowest BCUT2D eigenvalue weighted by atomic mass is 10.0. The minimum absolute atomic E-state index is 0.106.